The molecule has 0 spiro atoms. The second-order valence-electron chi connectivity index (χ2n) is 3.36. The molecule has 0 aliphatic carbocycles. The lowest BCUT2D eigenvalue weighted by Gasteiger charge is -1.99. The van der Waals surface area contributed by atoms with E-state index in [9.17, 15) is 5.11 Å². The Labute approximate surface area is 98.8 Å². The smallest absolute Gasteiger partial charge is 0.147 e. The summed E-state index contributed by atoms with van der Waals surface area (Å²) in [7, 11) is 0. The average molecular weight is 228 g/mol. The van der Waals surface area contributed by atoms with Gasteiger partial charge in [-0.05, 0) is 18.2 Å². The van der Waals surface area contributed by atoms with Crippen molar-refractivity contribution in [2.45, 2.75) is 6.54 Å². The van der Waals surface area contributed by atoms with Gasteiger partial charge in [-0.15, -0.1) is 0 Å². The van der Waals surface area contributed by atoms with Crippen molar-refractivity contribution < 1.29 is 5.11 Å². The maximum absolute atomic E-state index is 9.49. The van der Waals surface area contributed by atoms with Crippen molar-refractivity contribution in [2.24, 2.45) is 10.3 Å². The summed E-state index contributed by atoms with van der Waals surface area (Å²) in [6, 6.07) is 12.5. The molecular formula is C12H12N4O. The van der Waals surface area contributed by atoms with Crippen LogP contribution >= 0.6 is 0 Å². The summed E-state index contributed by atoms with van der Waals surface area (Å²) in [6.07, 6.45) is 1.67. The Hall–Kier alpha value is -2.43. The summed E-state index contributed by atoms with van der Waals surface area (Å²) >= 11 is 0. The molecule has 0 atom stereocenters. The van der Waals surface area contributed by atoms with Crippen LogP contribution in [-0.4, -0.2) is 10.1 Å². The fraction of sp³-hybridized carbons (Fsp3) is 0.0833. The summed E-state index contributed by atoms with van der Waals surface area (Å²) in [4.78, 5) is 4.03. The monoisotopic (exact) mass is 228 g/mol. The number of anilines is 1. The first-order valence-corrected chi connectivity index (χ1v) is 5.16. The van der Waals surface area contributed by atoms with E-state index in [-0.39, 0.29) is 5.75 Å². The zero-order valence-corrected chi connectivity index (χ0v) is 9.11. The molecule has 2 aromatic rings. The van der Waals surface area contributed by atoms with Crippen molar-refractivity contribution in [3.05, 3.63) is 54.2 Å². The number of pyridine rings is 1. The van der Waals surface area contributed by atoms with Gasteiger partial charge in [0.2, 0.25) is 0 Å². The molecule has 0 aliphatic heterocycles. The number of aromatic nitrogens is 1. The molecule has 0 saturated heterocycles. The van der Waals surface area contributed by atoms with Crippen molar-refractivity contribution in [3.8, 4) is 5.75 Å². The molecule has 2 rings (SSSR count). The maximum Gasteiger partial charge on any atom is 0.147 e. The molecule has 0 aliphatic rings. The summed E-state index contributed by atoms with van der Waals surface area (Å²) in [6.45, 7) is 0.326. The van der Waals surface area contributed by atoms with Crippen LogP contribution in [0, 0.1) is 0 Å². The van der Waals surface area contributed by atoms with Gasteiger partial charge in [0.05, 0.1) is 6.54 Å². The fourth-order valence-electron chi connectivity index (χ4n) is 1.27. The molecule has 86 valence electrons. The minimum atomic E-state index is 0.226. The van der Waals surface area contributed by atoms with Gasteiger partial charge in [-0.3, -0.25) is 0 Å². The number of rotatable bonds is 4. The molecule has 2 N–H and O–H groups in total. The van der Waals surface area contributed by atoms with E-state index in [0.717, 1.165) is 5.56 Å². The van der Waals surface area contributed by atoms with Gasteiger partial charge >= 0.3 is 0 Å². The quantitative estimate of drug-likeness (QED) is 0.624. The Morgan fingerprint density at radius 1 is 1.12 bits per heavy atom. The van der Waals surface area contributed by atoms with Crippen LogP contribution in [0.3, 0.4) is 0 Å². The Morgan fingerprint density at radius 2 is 1.94 bits per heavy atom. The molecule has 5 heteroatoms. The normalized spacial score (nSPS) is 10.6. The molecule has 1 aromatic carbocycles. The summed E-state index contributed by atoms with van der Waals surface area (Å²) < 4.78 is 0. The molecule has 1 heterocycles. The van der Waals surface area contributed by atoms with E-state index in [4.69, 9.17) is 0 Å². The number of aromatic hydroxyl groups is 1. The van der Waals surface area contributed by atoms with Crippen LogP contribution in [0.1, 0.15) is 5.56 Å². The third kappa shape index (κ3) is 3.27. The van der Waals surface area contributed by atoms with Crippen LogP contribution in [0.5, 0.6) is 5.75 Å². The number of hydrogen-bond donors (Lipinski definition) is 2. The molecule has 0 saturated carbocycles. The van der Waals surface area contributed by atoms with Crippen molar-refractivity contribution >= 4 is 5.82 Å². The van der Waals surface area contributed by atoms with Gasteiger partial charge < -0.3 is 5.11 Å². The first-order valence-electron chi connectivity index (χ1n) is 5.16. The predicted molar refractivity (Wildman–Crippen MR) is 64.5 cm³/mol. The van der Waals surface area contributed by atoms with Crippen LogP contribution in [-0.2, 0) is 6.54 Å². The molecule has 1 aromatic heterocycles. The van der Waals surface area contributed by atoms with Gasteiger partial charge in [-0.1, -0.05) is 29.5 Å². The number of phenolic OH excluding ortho intramolecular Hbond substituents is 1. The van der Waals surface area contributed by atoms with Crippen LogP contribution in [0.25, 0.3) is 0 Å². The Kier molecular flexibility index (Phi) is 3.64. The van der Waals surface area contributed by atoms with Gasteiger partial charge in [-0.25, -0.2) is 10.4 Å². The topological polar surface area (TPSA) is 69.9 Å². The lowest BCUT2D eigenvalue weighted by Crippen LogP contribution is -1.90. The average Bonchev–Trinajstić information content (AvgIpc) is 2.38. The van der Waals surface area contributed by atoms with E-state index in [1.165, 1.54) is 0 Å². The number of para-hydroxylation sites is 1. The molecule has 0 radical (unpaired) electrons. The molecule has 5 nitrogen and oxygen atoms in total. The second kappa shape index (κ2) is 5.60. The highest BCUT2D eigenvalue weighted by molar-refractivity contribution is 5.32. The fourth-order valence-corrected chi connectivity index (χ4v) is 1.27. The number of phenols is 1. The summed E-state index contributed by atoms with van der Waals surface area (Å²) in [5.74, 6) is 0.859. The van der Waals surface area contributed by atoms with Crippen molar-refractivity contribution in [3.63, 3.8) is 0 Å². The molecule has 0 amide bonds. The van der Waals surface area contributed by atoms with Gasteiger partial charge in [0, 0.05) is 11.8 Å². The molecule has 0 bridgehead atoms. The van der Waals surface area contributed by atoms with E-state index >= 15 is 0 Å². The van der Waals surface area contributed by atoms with Gasteiger partial charge in [0.15, 0.2) is 0 Å². The number of benzene rings is 1. The van der Waals surface area contributed by atoms with E-state index in [1.54, 1.807) is 30.5 Å². The number of hydrogen-bond acceptors (Lipinski definition) is 4. The van der Waals surface area contributed by atoms with Gasteiger partial charge in [-0.2, -0.15) is 5.11 Å². The SMILES string of the molecule is Oc1ccccc1CN=NNc1ccccn1. The highest BCUT2D eigenvalue weighted by atomic mass is 16.3. The van der Waals surface area contributed by atoms with Crippen molar-refractivity contribution in [2.75, 3.05) is 5.43 Å². The highest BCUT2D eigenvalue weighted by Crippen LogP contribution is 2.16. The van der Waals surface area contributed by atoms with Gasteiger partial charge in [0.25, 0.3) is 0 Å². The number of nitrogens with zero attached hydrogens (tertiary/aromatic N) is 3. The van der Waals surface area contributed by atoms with E-state index in [1.807, 2.05) is 18.2 Å². The standard InChI is InChI=1S/C12H12N4O/c17-11-6-2-1-5-10(11)9-14-16-15-12-7-3-4-8-13-12/h1-8,17H,9H2,(H,13,14,15). The van der Waals surface area contributed by atoms with E-state index in [2.05, 4.69) is 20.7 Å². The third-order valence-corrected chi connectivity index (χ3v) is 2.13. The van der Waals surface area contributed by atoms with Crippen LogP contribution in [0.15, 0.2) is 59.0 Å². The Morgan fingerprint density at radius 3 is 2.71 bits per heavy atom. The zero-order chi connectivity index (χ0) is 11.9. The Balaban J connectivity index is 1.89. The first kappa shape index (κ1) is 11.1. The highest BCUT2D eigenvalue weighted by Gasteiger charge is 1.96. The lowest BCUT2D eigenvalue weighted by atomic mass is 10.2. The summed E-state index contributed by atoms with van der Waals surface area (Å²) in [5, 5.41) is 17.2. The molecule has 17 heavy (non-hydrogen) atoms. The summed E-state index contributed by atoms with van der Waals surface area (Å²) in [5.41, 5.74) is 3.44. The van der Waals surface area contributed by atoms with Crippen LogP contribution < -0.4 is 5.43 Å². The minimum absolute atomic E-state index is 0.226. The first-order chi connectivity index (χ1) is 8.36. The third-order valence-electron chi connectivity index (χ3n) is 2.13. The van der Waals surface area contributed by atoms with Crippen LogP contribution in [0.4, 0.5) is 5.82 Å². The minimum Gasteiger partial charge on any atom is -0.508 e. The molecule has 0 unspecified atom stereocenters. The van der Waals surface area contributed by atoms with E-state index in [0.29, 0.717) is 12.4 Å². The maximum atomic E-state index is 9.49. The largest absolute Gasteiger partial charge is 0.508 e. The zero-order valence-electron chi connectivity index (χ0n) is 9.11. The second-order valence-corrected chi connectivity index (χ2v) is 3.36. The number of nitrogens with one attached hydrogen (secondary N) is 1. The van der Waals surface area contributed by atoms with Crippen molar-refractivity contribution in [1.29, 1.82) is 0 Å². The Bertz CT molecular complexity index is 499. The van der Waals surface area contributed by atoms with Gasteiger partial charge in [0.1, 0.15) is 11.6 Å². The molecule has 0 fully saturated rings. The van der Waals surface area contributed by atoms with Crippen molar-refractivity contribution in [1.82, 2.24) is 4.98 Å². The lowest BCUT2D eigenvalue weighted by molar-refractivity contribution is 0.468. The van der Waals surface area contributed by atoms with E-state index < -0.39 is 0 Å². The predicted octanol–water partition coefficient (Wildman–Crippen LogP) is 2.77. The molecular weight excluding hydrogens is 216 g/mol. The van der Waals surface area contributed by atoms with Crippen LogP contribution in [0.2, 0.25) is 0 Å².